The Morgan fingerprint density at radius 2 is 2.25 bits per heavy atom. The van der Waals surface area contributed by atoms with Gasteiger partial charge in [-0.3, -0.25) is 9.78 Å². The molecule has 1 aromatic heterocycles. The van der Waals surface area contributed by atoms with Crippen LogP contribution in [0.2, 0.25) is 0 Å². The second-order valence-electron chi connectivity index (χ2n) is 5.30. The number of hydrogen-bond acceptors (Lipinski definition) is 3. The number of carbonyl (C=O) groups excluding carboxylic acids is 1. The Kier molecular flexibility index (Phi) is 4.45. The van der Waals surface area contributed by atoms with Gasteiger partial charge in [0.05, 0.1) is 12.1 Å². The number of nitrogens with one attached hydrogen (secondary N) is 1. The molecule has 0 saturated heterocycles. The molecule has 0 spiro atoms. The lowest BCUT2D eigenvalue weighted by molar-refractivity contribution is -0.123. The molecule has 0 radical (unpaired) electrons. The zero-order valence-electron chi connectivity index (χ0n) is 11.2. The number of halogens is 2. The molecule has 0 aliphatic heterocycles. The van der Waals surface area contributed by atoms with Crippen molar-refractivity contribution in [3.8, 4) is 0 Å². The van der Waals surface area contributed by atoms with Gasteiger partial charge in [0.25, 0.3) is 0 Å². The minimum Gasteiger partial charge on any atom is -0.273 e. The molecule has 0 aromatic carbocycles. The van der Waals surface area contributed by atoms with E-state index >= 15 is 0 Å². The molecule has 1 N–H and O–H groups in total. The fraction of sp³-hybridized carbons (Fsp3) is 0.357. The first-order chi connectivity index (χ1) is 9.43. The molecule has 20 heavy (non-hydrogen) atoms. The van der Waals surface area contributed by atoms with Gasteiger partial charge in [-0.15, -0.1) is 0 Å². The van der Waals surface area contributed by atoms with Crippen LogP contribution in [0.15, 0.2) is 40.2 Å². The average Bonchev–Trinajstić information content (AvgIpc) is 2.91. The lowest BCUT2D eigenvalue weighted by Gasteiger charge is -2.00. The summed E-state index contributed by atoms with van der Waals surface area (Å²) < 4.78 is 0.192. The van der Waals surface area contributed by atoms with Gasteiger partial charge < -0.3 is 0 Å². The molecule has 1 aliphatic carbocycles. The third-order valence-corrected chi connectivity index (χ3v) is 3.82. The van der Waals surface area contributed by atoms with Gasteiger partial charge in [-0.1, -0.05) is 43.1 Å². The first-order valence-electron chi connectivity index (χ1n) is 6.18. The molecule has 2 unspecified atom stereocenters. The van der Waals surface area contributed by atoms with E-state index in [1.807, 2.05) is 19.9 Å². The predicted molar refractivity (Wildman–Crippen MR) is 80.5 cm³/mol. The number of pyridine rings is 1. The minimum atomic E-state index is -0.166. The van der Waals surface area contributed by atoms with Gasteiger partial charge in [-0.2, -0.15) is 5.10 Å². The lowest BCUT2D eigenvalue weighted by atomic mass is 10.1. The maximum atomic E-state index is 12.0. The third kappa shape index (κ3) is 3.38. The number of allylic oxidation sites excluding steroid dienone is 1. The van der Waals surface area contributed by atoms with Gasteiger partial charge in [-0.05, 0) is 23.5 Å². The Morgan fingerprint density at radius 1 is 1.50 bits per heavy atom. The highest BCUT2D eigenvalue weighted by atomic mass is 35.5. The van der Waals surface area contributed by atoms with Crippen molar-refractivity contribution in [2.75, 3.05) is 0 Å². The van der Waals surface area contributed by atoms with Gasteiger partial charge >= 0.3 is 0 Å². The van der Waals surface area contributed by atoms with Crippen LogP contribution in [-0.4, -0.2) is 17.1 Å². The van der Waals surface area contributed by atoms with Gasteiger partial charge in [-0.25, -0.2) is 5.43 Å². The first kappa shape index (κ1) is 15.0. The maximum absolute atomic E-state index is 12.0. The van der Waals surface area contributed by atoms with E-state index in [0.717, 1.165) is 5.56 Å². The summed E-state index contributed by atoms with van der Waals surface area (Å²) in [7, 11) is 0. The van der Waals surface area contributed by atoms with Crippen molar-refractivity contribution in [3.63, 3.8) is 0 Å². The van der Waals surface area contributed by atoms with Gasteiger partial charge in [0, 0.05) is 18.0 Å². The van der Waals surface area contributed by atoms with Crippen LogP contribution < -0.4 is 5.43 Å². The van der Waals surface area contributed by atoms with Crippen molar-refractivity contribution in [1.82, 2.24) is 10.4 Å². The van der Waals surface area contributed by atoms with Crippen LogP contribution in [0.25, 0.3) is 0 Å². The Balaban J connectivity index is 1.94. The largest absolute Gasteiger partial charge is 0.273 e. The van der Waals surface area contributed by atoms with Crippen LogP contribution in [0.1, 0.15) is 19.4 Å². The molecule has 1 amide bonds. The van der Waals surface area contributed by atoms with E-state index in [-0.39, 0.29) is 27.6 Å². The fourth-order valence-corrected chi connectivity index (χ4v) is 2.59. The normalized spacial score (nSPS) is 23.4. The number of hydrogen-bond donors (Lipinski definition) is 1. The van der Waals surface area contributed by atoms with Crippen LogP contribution in [0.5, 0.6) is 0 Å². The Hall–Kier alpha value is -1.39. The molecule has 2 rings (SSSR count). The number of amides is 1. The fourth-order valence-electron chi connectivity index (χ4n) is 2.32. The molecule has 106 valence electrons. The van der Waals surface area contributed by atoms with Crippen LogP contribution in [0.4, 0.5) is 0 Å². The highest BCUT2D eigenvalue weighted by molar-refractivity contribution is 6.55. The molecular weight excluding hydrogens is 297 g/mol. The summed E-state index contributed by atoms with van der Waals surface area (Å²) in [5.41, 5.74) is 3.21. The van der Waals surface area contributed by atoms with E-state index in [0.29, 0.717) is 0 Å². The summed E-state index contributed by atoms with van der Waals surface area (Å²) in [6.07, 6.45) is 6.60. The zero-order chi connectivity index (χ0) is 14.8. The summed E-state index contributed by atoms with van der Waals surface area (Å²) in [5, 5.41) is 3.93. The van der Waals surface area contributed by atoms with Crippen molar-refractivity contribution >= 4 is 35.3 Å². The highest BCUT2D eigenvalue weighted by Crippen LogP contribution is 2.59. The Morgan fingerprint density at radius 3 is 2.85 bits per heavy atom. The number of nitrogens with zero attached hydrogens (tertiary/aromatic N) is 2. The number of rotatable bonds is 4. The molecule has 1 fully saturated rings. The summed E-state index contributed by atoms with van der Waals surface area (Å²) in [6.45, 7) is 4.00. The van der Waals surface area contributed by atoms with Crippen molar-refractivity contribution < 1.29 is 4.79 Å². The summed E-state index contributed by atoms with van der Waals surface area (Å²) in [4.78, 5) is 16.0. The maximum Gasteiger partial charge on any atom is 0.244 e. The van der Waals surface area contributed by atoms with Crippen molar-refractivity contribution in [3.05, 3.63) is 40.7 Å². The average molecular weight is 312 g/mol. The summed E-state index contributed by atoms with van der Waals surface area (Å²) in [6, 6.07) is 3.65. The first-order valence-corrected chi connectivity index (χ1v) is 6.94. The van der Waals surface area contributed by atoms with E-state index in [4.69, 9.17) is 23.2 Å². The van der Waals surface area contributed by atoms with E-state index in [9.17, 15) is 4.79 Å². The summed E-state index contributed by atoms with van der Waals surface area (Å²) >= 11 is 11.3. The number of hydrazone groups is 1. The summed E-state index contributed by atoms with van der Waals surface area (Å²) in [5.74, 6) is -0.256. The lowest BCUT2D eigenvalue weighted by Crippen LogP contribution is -2.21. The van der Waals surface area contributed by atoms with Crippen LogP contribution in [0, 0.1) is 17.3 Å². The van der Waals surface area contributed by atoms with E-state index in [1.165, 1.54) is 0 Å². The predicted octanol–water partition coefficient (Wildman–Crippen LogP) is 3.12. The second-order valence-corrected chi connectivity index (χ2v) is 6.31. The topological polar surface area (TPSA) is 54.4 Å². The standard InChI is InChI=1S/C14H15Cl2N3O/c1-14(2)10(6-11(15)16)12(14)13(20)19-18-8-9-4-3-5-17-7-9/h3-8,10,12H,1-2H3,(H,19,20)/b18-8+. The molecule has 4 nitrogen and oxygen atoms in total. The van der Waals surface area contributed by atoms with Crippen molar-refractivity contribution in [2.24, 2.45) is 22.4 Å². The molecular formula is C14H15Cl2N3O. The zero-order valence-corrected chi connectivity index (χ0v) is 12.7. The number of carbonyl (C=O) groups is 1. The van der Waals surface area contributed by atoms with E-state index in [2.05, 4.69) is 15.5 Å². The number of aromatic nitrogens is 1. The van der Waals surface area contributed by atoms with Crippen LogP contribution in [-0.2, 0) is 4.79 Å². The molecule has 2 atom stereocenters. The van der Waals surface area contributed by atoms with Crippen molar-refractivity contribution in [2.45, 2.75) is 13.8 Å². The molecule has 6 heteroatoms. The highest BCUT2D eigenvalue weighted by Gasteiger charge is 2.60. The quantitative estimate of drug-likeness (QED) is 0.686. The molecule has 1 aromatic rings. The van der Waals surface area contributed by atoms with E-state index < -0.39 is 0 Å². The molecule has 0 bridgehead atoms. The van der Waals surface area contributed by atoms with Crippen LogP contribution in [0.3, 0.4) is 0 Å². The van der Waals surface area contributed by atoms with Gasteiger partial charge in [0.2, 0.25) is 5.91 Å². The van der Waals surface area contributed by atoms with Gasteiger partial charge in [0.15, 0.2) is 0 Å². The monoisotopic (exact) mass is 311 g/mol. The Bertz CT molecular complexity index is 551. The smallest absolute Gasteiger partial charge is 0.244 e. The molecule has 1 heterocycles. The Labute approximate surface area is 127 Å². The van der Waals surface area contributed by atoms with Crippen LogP contribution >= 0.6 is 23.2 Å². The molecule has 1 aliphatic rings. The van der Waals surface area contributed by atoms with E-state index in [1.54, 1.807) is 30.8 Å². The van der Waals surface area contributed by atoms with Gasteiger partial charge in [0.1, 0.15) is 4.49 Å². The minimum absolute atomic E-state index is 0.0427. The second kappa shape index (κ2) is 5.94. The third-order valence-electron chi connectivity index (χ3n) is 3.57. The van der Waals surface area contributed by atoms with Crippen molar-refractivity contribution in [1.29, 1.82) is 0 Å². The SMILES string of the molecule is CC1(C)C(C=C(Cl)Cl)C1C(=O)N/N=C/c1cccnc1. The molecule has 1 saturated carbocycles.